The van der Waals surface area contributed by atoms with Crippen molar-refractivity contribution in [2.24, 2.45) is 0 Å². The van der Waals surface area contributed by atoms with Crippen molar-refractivity contribution in [2.75, 3.05) is 0 Å². The highest BCUT2D eigenvalue weighted by atomic mass is 16.5. The predicted octanol–water partition coefficient (Wildman–Crippen LogP) is 3.17. The Labute approximate surface area is 115 Å². The molecule has 0 saturated heterocycles. The van der Waals surface area contributed by atoms with Crippen LogP contribution in [-0.2, 0) is 19.1 Å². The van der Waals surface area contributed by atoms with Gasteiger partial charge in [0.05, 0.1) is 17.8 Å². The maximum Gasteiger partial charge on any atom is 0.338 e. The average molecular weight is 268 g/mol. The van der Waals surface area contributed by atoms with E-state index in [4.69, 9.17) is 9.47 Å². The van der Waals surface area contributed by atoms with Crippen LogP contribution in [0.4, 0.5) is 0 Å². The van der Waals surface area contributed by atoms with Crippen LogP contribution in [0.25, 0.3) is 0 Å². The lowest BCUT2D eigenvalue weighted by Gasteiger charge is -2.09. The third-order valence-electron chi connectivity index (χ3n) is 1.96. The monoisotopic (exact) mass is 268 g/mol. The van der Waals surface area contributed by atoms with Gasteiger partial charge in [0.2, 0.25) is 0 Å². The lowest BCUT2D eigenvalue weighted by atomic mass is 10.2. The van der Waals surface area contributed by atoms with Crippen LogP contribution in [0.15, 0.2) is 23.8 Å². The molecule has 0 bridgehead atoms. The van der Waals surface area contributed by atoms with Crippen molar-refractivity contribution < 1.29 is 19.1 Å². The first-order valence-corrected chi connectivity index (χ1v) is 6.66. The largest absolute Gasteiger partial charge is 0.460 e. The fraction of sp³-hybridized carbons (Fsp3) is 0.600. The molecule has 108 valence electrons. The van der Waals surface area contributed by atoms with Crippen LogP contribution in [0, 0.1) is 0 Å². The fourth-order valence-corrected chi connectivity index (χ4v) is 1.23. The lowest BCUT2D eigenvalue weighted by Crippen LogP contribution is -2.15. The third-order valence-corrected chi connectivity index (χ3v) is 1.96. The van der Waals surface area contributed by atoms with E-state index in [0.29, 0.717) is 0 Å². The van der Waals surface area contributed by atoms with Crippen molar-refractivity contribution in [1.29, 1.82) is 0 Å². The Balaban J connectivity index is 4.88. The van der Waals surface area contributed by atoms with Crippen molar-refractivity contribution in [3.8, 4) is 0 Å². The zero-order chi connectivity index (χ0) is 14.8. The number of allylic oxidation sites excluding steroid dienone is 1. The van der Waals surface area contributed by atoms with Crippen molar-refractivity contribution in [2.45, 2.75) is 59.7 Å². The van der Waals surface area contributed by atoms with Gasteiger partial charge in [-0.1, -0.05) is 25.5 Å². The summed E-state index contributed by atoms with van der Waals surface area (Å²) in [4.78, 5) is 23.4. The van der Waals surface area contributed by atoms with Gasteiger partial charge in [-0.3, -0.25) is 0 Å². The number of esters is 2. The van der Waals surface area contributed by atoms with Gasteiger partial charge in [0.15, 0.2) is 0 Å². The van der Waals surface area contributed by atoms with Crippen LogP contribution in [-0.4, -0.2) is 24.1 Å². The molecule has 0 aromatic heterocycles. The number of unbranched alkanes of at least 4 members (excludes halogenated alkanes) is 1. The number of rotatable bonds is 7. The van der Waals surface area contributed by atoms with E-state index < -0.39 is 11.9 Å². The van der Waals surface area contributed by atoms with Crippen LogP contribution in [0.2, 0.25) is 0 Å². The molecular weight excluding hydrogens is 244 g/mol. The highest BCUT2D eigenvalue weighted by molar-refractivity contribution is 5.98. The van der Waals surface area contributed by atoms with E-state index >= 15 is 0 Å². The number of carbonyl (C=O) groups excluding carboxylic acids is 2. The summed E-state index contributed by atoms with van der Waals surface area (Å²) in [6, 6.07) is 0. The van der Waals surface area contributed by atoms with Gasteiger partial charge in [0.1, 0.15) is 0 Å². The van der Waals surface area contributed by atoms with Crippen molar-refractivity contribution in [1.82, 2.24) is 0 Å². The van der Waals surface area contributed by atoms with Gasteiger partial charge in [-0.15, -0.1) is 0 Å². The minimum atomic E-state index is -0.535. The fourth-order valence-electron chi connectivity index (χ4n) is 1.23. The molecule has 0 atom stereocenters. The van der Waals surface area contributed by atoms with Gasteiger partial charge < -0.3 is 9.47 Å². The zero-order valence-electron chi connectivity index (χ0n) is 12.4. The van der Waals surface area contributed by atoms with Gasteiger partial charge in [-0.05, 0) is 34.1 Å². The maximum atomic E-state index is 11.8. The minimum Gasteiger partial charge on any atom is -0.460 e. The van der Waals surface area contributed by atoms with E-state index in [2.05, 4.69) is 0 Å². The summed E-state index contributed by atoms with van der Waals surface area (Å²) in [5.41, 5.74) is 0.216. The second-order valence-corrected chi connectivity index (χ2v) is 4.73. The van der Waals surface area contributed by atoms with Crippen molar-refractivity contribution >= 4 is 11.9 Å². The molecule has 0 aliphatic heterocycles. The van der Waals surface area contributed by atoms with E-state index in [-0.39, 0.29) is 17.8 Å². The molecule has 0 spiro atoms. The van der Waals surface area contributed by atoms with Gasteiger partial charge in [0.25, 0.3) is 0 Å². The molecule has 0 amide bonds. The summed E-state index contributed by atoms with van der Waals surface area (Å²) >= 11 is 0. The molecule has 0 aliphatic rings. The average Bonchev–Trinajstić information content (AvgIpc) is 2.25. The van der Waals surface area contributed by atoms with Crippen molar-refractivity contribution in [3.05, 3.63) is 23.8 Å². The molecule has 0 saturated carbocycles. The molecule has 4 heteroatoms. The SMILES string of the molecule is CCCC=CC(=CC(=O)OC(C)C)C(=O)OC(C)C. The molecule has 0 aromatic rings. The maximum absolute atomic E-state index is 11.8. The number of carbonyl (C=O) groups is 2. The van der Waals surface area contributed by atoms with Gasteiger partial charge in [-0.25, -0.2) is 9.59 Å². The Morgan fingerprint density at radius 1 is 1.05 bits per heavy atom. The van der Waals surface area contributed by atoms with E-state index in [1.165, 1.54) is 6.08 Å². The number of hydrogen-bond acceptors (Lipinski definition) is 4. The Morgan fingerprint density at radius 2 is 1.63 bits per heavy atom. The molecule has 0 unspecified atom stereocenters. The smallest absolute Gasteiger partial charge is 0.338 e. The van der Waals surface area contributed by atoms with Crippen molar-refractivity contribution in [3.63, 3.8) is 0 Å². The second-order valence-electron chi connectivity index (χ2n) is 4.73. The molecular formula is C15H24O4. The summed E-state index contributed by atoms with van der Waals surface area (Å²) in [5, 5.41) is 0. The Bertz CT molecular complexity index is 351. The van der Waals surface area contributed by atoms with Gasteiger partial charge in [0, 0.05) is 6.08 Å². The zero-order valence-corrected chi connectivity index (χ0v) is 12.4. The Hall–Kier alpha value is -1.58. The first-order chi connectivity index (χ1) is 8.86. The second kappa shape index (κ2) is 9.36. The molecule has 0 rings (SSSR count). The predicted molar refractivity (Wildman–Crippen MR) is 74.6 cm³/mol. The number of ether oxygens (including phenoxy) is 2. The van der Waals surface area contributed by atoms with E-state index in [1.54, 1.807) is 33.8 Å². The first kappa shape index (κ1) is 17.4. The normalized spacial score (nSPS) is 12.3. The van der Waals surface area contributed by atoms with Crippen LogP contribution in [0.5, 0.6) is 0 Å². The summed E-state index contributed by atoms with van der Waals surface area (Å²) in [6.07, 6.45) is 6.00. The third kappa shape index (κ3) is 9.05. The number of hydrogen-bond donors (Lipinski definition) is 0. The molecule has 0 aliphatic carbocycles. The van der Waals surface area contributed by atoms with E-state index in [0.717, 1.165) is 12.8 Å². The Kier molecular flexibility index (Phi) is 8.58. The van der Waals surface area contributed by atoms with Gasteiger partial charge in [-0.2, -0.15) is 0 Å². The molecule has 0 N–H and O–H groups in total. The highest BCUT2D eigenvalue weighted by Crippen LogP contribution is 2.06. The molecule has 4 nitrogen and oxygen atoms in total. The van der Waals surface area contributed by atoms with Crippen LogP contribution in [0.3, 0.4) is 0 Å². The molecule has 0 aromatic carbocycles. The highest BCUT2D eigenvalue weighted by Gasteiger charge is 2.13. The summed E-state index contributed by atoms with van der Waals surface area (Å²) in [6.45, 7) is 9.07. The molecule has 0 fully saturated rings. The van der Waals surface area contributed by atoms with Crippen LogP contribution >= 0.6 is 0 Å². The van der Waals surface area contributed by atoms with Crippen LogP contribution in [0.1, 0.15) is 47.5 Å². The Morgan fingerprint density at radius 3 is 2.11 bits per heavy atom. The van der Waals surface area contributed by atoms with E-state index in [1.807, 2.05) is 13.0 Å². The molecule has 19 heavy (non-hydrogen) atoms. The van der Waals surface area contributed by atoms with Gasteiger partial charge >= 0.3 is 11.9 Å². The summed E-state index contributed by atoms with van der Waals surface area (Å²) in [5.74, 6) is -1.05. The first-order valence-electron chi connectivity index (χ1n) is 6.66. The van der Waals surface area contributed by atoms with E-state index in [9.17, 15) is 9.59 Å². The lowest BCUT2D eigenvalue weighted by molar-refractivity contribution is -0.144. The quantitative estimate of drug-likeness (QED) is 0.404. The summed E-state index contributed by atoms with van der Waals surface area (Å²) < 4.78 is 10.1. The minimum absolute atomic E-state index is 0.216. The molecule has 0 radical (unpaired) electrons. The van der Waals surface area contributed by atoms with Crippen LogP contribution < -0.4 is 0 Å². The topological polar surface area (TPSA) is 52.6 Å². The standard InChI is InChI=1S/C15H24O4/c1-6-7-8-9-13(15(17)19-12(4)5)10-14(16)18-11(2)3/h8-12H,6-7H2,1-5H3. The summed E-state index contributed by atoms with van der Waals surface area (Å²) in [7, 11) is 0. The molecule has 0 heterocycles.